The van der Waals surface area contributed by atoms with Crippen LogP contribution in [-0.2, 0) is 21.2 Å². The van der Waals surface area contributed by atoms with E-state index in [1.165, 1.54) is 0 Å². The zero-order valence-electron chi connectivity index (χ0n) is 15.8. The lowest BCUT2D eigenvalue weighted by molar-refractivity contribution is -0.121. The summed E-state index contributed by atoms with van der Waals surface area (Å²) in [6.45, 7) is 3.91. The van der Waals surface area contributed by atoms with Gasteiger partial charge in [0.25, 0.3) is 0 Å². The third-order valence-corrected chi connectivity index (χ3v) is 5.83. The summed E-state index contributed by atoms with van der Waals surface area (Å²) in [5, 5.41) is 3.53. The van der Waals surface area contributed by atoms with E-state index in [4.69, 9.17) is 11.6 Å². The Hall–Kier alpha value is -2.05. The van der Waals surface area contributed by atoms with E-state index in [1.54, 1.807) is 25.1 Å². The molecular weight excluding hydrogens is 384 g/mol. The van der Waals surface area contributed by atoms with Gasteiger partial charge < -0.3 is 5.32 Å². The first kappa shape index (κ1) is 21.3. The monoisotopic (exact) mass is 408 g/mol. The molecule has 146 valence electrons. The molecule has 0 aliphatic carbocycles. The van der Waals surface area contributed by atoms with Crippen molar-refractivity contribution in [3.8, 4) is 0 Å². The van der Waals surface area contributed by atoms with Crippen LogP contribution in [0.15, 0.2) is 48.5 Å². The smallest absolute Gasteiger partial charge is 0.243 e. The zero-order valence-corrected chi connectivity index (χ0v) is 17.3. The summed E-state index contributed by atoms with van der Waals surface area (Å²) in [5.41, 5.74) is 2.43. The van der Waals surface area contributed by atoms with E-state index >= 15 is 0 Å². The number of benzene rings is 2. The minimum absolute atomic E-state index is 0.332. The number of anilines is 1. The molecule has 0 saturated carbocycles. The van der Waals surface area contributed by atoms with Crippen molar-refractivity contribution >= 4 is 33.2 Å². The van der Waals surface area contributed by atoms with E-state index in [0.29, 0.717) is 23.7 Å². The van der Waals surface area contributed by atoms with Crippen molar-refractivity contribution in [2.45, 2.75) is 32.7 Å². The molecule has 1 atom stereocenters. The van der Waals surface area contributed by atoms with Crippen molar-refractivity contribution in [2.24, 2.45) is 0 Å². The maximum absolute atomic E-state index is 12.5. The molecule has 0 aliphatic heterocycles. The van der Waals surface area contributed by atoms with Crippen molar-refractivity contribution in [3.05, 3.63) is 64.7 Å². The molecule has 0 radical (unpaired) electrons. The third kappa shape index (κ3) is 5.97. The molecule has 0 spiro atoms. The molecular formula is C20H25ClN2O3S. The molecule has 1 N–H and O–H groups in total. The number of hydrogen-bond acceptors (Lipinski definition) is 3. The Kier molecular flexibility index (Phi) is 7.27. The van der Waals surface area contributed by atoms with Crippen molar-refractivity contribution in [3.63, 3.8) is 0 Å². The van der Waals surface area contributed by atoms with Crippen molar-refractivity contribution < 1.29 is 13.2 Å². The third-order valence-electron chi connectivity index (χ3n) is 4.22. The van der Waals surface area contributed by atoms with Gasteiger partial charge in [0.05, 0.1) is 11.9 Å². The zero-order chi connectivity index (χ0) is 20.0. The highest BCUT2D eigenvalue weighted by atomic mass is 35.5. The van der Waals surface area contributed by atoms with Crippen molar-refractivity contribution in [2.75, 3.05) is 17.1 Å². The van der Waals surface area contributed by atoms with Crippen LogP contribution in [0.2, 0.25) is 5.02 Å². The van der Waals surface area contributed by atoms with Gasteiger partial charge in [-0.1, -0.05) is 41.9 Å². The number of hydrogen-bond donors (Lipinski definition) is 1. The number of sulfonamides is 1. The Bertz CT molecular complexity index is 900. The summed E-state index contributed by atoms with van der Waals surface area (Å²) in [5.74, 6) is -0.332. The molecule has 2 aromatic rings. The Morgan fingerprint density at radius 3 is 2.52 bits per heavy atom. The lowest BCUT2D eigenvalue weighted by Gasteiger charge is -2.28. The number of amides is 1. The number of rotatable bonds is 8. The molecule has 27 heavy (non-hydrogen) atoms. The molecule has 2 aromatic carbocycles. The maximum Gasteiger partial charge on any atom is 0.243 e. The fourth-order valence-electron chi connectivity index (χ4n) is 2.91. The predicted octanol–water partition coefficient (Wildman–Crippen LogP) is 3.55. The van der Waals surface area contributed by atoms with Gasteiger partial charge in [-0.3, -0.25) is 9.10 Å². The first-order valence-electron chi connectivity index (χ1n) is 8.77. The predicted molar refractivity (Wildman–Crippen MR) is 111 cm³/mol. The van der Waals surface area contributed by atoms with Gasteiger partial charge in [-0.05, 0) is 56.0 Å². The quantitative estimate of drug-likeness (QED) is 0.679. The maximum atomic E-state index is 12.5. The SMILES string of the molecule is Cc1cccc(N(C(C)C(=O)NCCCc2ccccc2Cl)S(C)(=O)=O)c1. The molecule has 1 amide bonds. The minimum atomic E-state index is -3.60. The molecule has 2 rings (SSSR count). The van der Waals surface area contributed by atoms with Gasteiger partial charge in [0, 0.05) is 11.6 Å². The average molecular weight is 409 g/mol. The van der Waals surface area contributed by atoms with Gasteiger partial charge in [0.1, 0.15) is 6.04 Å². The summed E-state index contributed by atoms with van der Waals surface area (Å²) in [7, 11) is -3.60. The van der Waals surface area contributed by atoms with Gasteiger partial charge in [0.15, 0.2) is 0 Å². The first-order valence-corrected chi connectivity index (χ1v) is 11.0. The molecule has 0 aliphatic rings. The first-order chi connectivity index (χ1) is 12.7. The highest BCUT2D eigenvalue weighted by molar-refractivity contribution is 7.92. The van der Waals surface area contributed by atoms with Crippen LogP contribution in [0.1, 0.15) is 24.5 Å². The fourth-order valence-corrected chi connectivity index (χ4v) is 4.31. The number of nitrogens with zero attached hydrogens (tertiary/aromatic N) is 1. The Morgan fingerprint density at radius 2 is 1.89 bits per heavy atom. The van der Waals surface area contributed by atoms with Crippen LogP contribution in [0.5, 0.6) is 0 Å². The highest BCUT2D eigenvalue weighted by Gasteiger charge is 2.28. The van der Waals surface area contributed by atoms with E-state index in [9.17, 15) is 13.2 Å². The van der Waals surface area contributed by atoms with Crippen LogP contribution in [0.4, 0.5) is 5.69 Å². The molecule has 5 nitrogen and oxygen atoms in total. The summed E-state index contributed by atoms with van der Waals surface area (Å²) in [6.07, 6.45) is 2.56. The van der Waals surface area contributed by atoms with Crippen LogP contribution in [0.25, 0.3) is 0 Å². The van der Waals surface area contributed by atoms with Crippen LogP contribution < -0.4 is 9.62 Å². The van der Waals surface area contributed by atoms with E-state index in [2.05, 4.69) is 5.32 Å². The van der Waals surface area contributed by atoms with Gasteiger partial charge in [0.2, 0.25) is 15.9 Å². The largest absolute Gasteiger partial charge is 0.354 e. The highest BCUT2D eigenvalue weighted by Crippen LogP contribution is 2.22. The lowest BCUT2D eigenvalue weighted by Crippen LogP contribution is -2.48. The molecule has 0 fully saturated rings. The molecule has 7 heteroatoms. The summed E-state index contributed by atoms with van der Waals surface area (Å²) in [4.78, 5) is 12.5. The van der Waals surface area contributed by atoms with Gasteiger partial charge in [-0.15, -0.1) is 0 Å². The van der Waals surface area contributed by atoms with E-state index in [0.717, 1.165) is 28.1 Å². The van der Waals surface area contributed by atoms with E-state index in [1.807, 2.05) is 37.3 Å². The Balaban J connectivity index is 2.00. The second-order valence-electron chi connectivity index (χ2n) is 6.56. The summed E-state index contributed by atoms with van der Waals surface area (Å²) >= 11 is 6.13. The number of nitrogens with one attached hydrogen (secondary N) is 1. The van der Waals surface area contributed by atoms with Crippen LogP contribution >= 0.6 is 11.6 Å². The van der Waals surface area contributed by atoms with Crippen LogP contribution in [0, 0.1) is 6.92 Å². The molecule has 0 heterocycles. The summed E-state index contributed by atoms with van der Waals surface area (Å²) < 4.78 is 25.7. The molecule has 0 saturated heterocycles. The Morgan fingerprint density at radius 1 is 1.19 bits per heavy atom. The molecule has 0 aromatic heterocycles. The normalized spacial score (nSPS) is 12.4. The fraction of sp³-hybridized carbons (Fsp3) is 0.350. The van der Waals surface area contributed by atoms with Crippen LogP contribution in [-0.4, -0.2) is 33.2 Å². The van der Waals surface area contributed by atoms with Crippen molar-refractivity contribution in [1.82, 2.24) is 5.32 Å². The molecule has 1 unspecified atom stereocenters. The van der Waals surface area contributed by atoms with E-state index in [-0.39, 0.29) is 5.91 Å². The number of carbonyl (C=O) groups excluding carboxylic acids is 1. The minimum Gasteiger partial charge on any atom is -0.354 e. The van der Waals surface area contributed by atoms with Crippen molar-refractivity contribution in [1.29, 1.82) is 0 Å². The average Bonchev–Trinajstić information content (AvgIpc) is 2.59. The number of carbonyl (C=O) groups is 1. The second-order valence-corrected chi connectivity index (χ2v) is 8.83. The lowest BCUT2D eigenvalue weighted by atomic mass is 10.1. The standard InChI is InChI=1S/C20H25ClN2O3S/c1-15-8-6-11-18(14-15)23(27(3,25)26)16(2)20(24)22-13-7-10-17-9-4-5-12-19(17)21/h4-6,8-9,11-12,14,16H,7,10,13H2,1-3H3,(H,22,24). The number of aryl methyl sites for hydroxylation is 2. The summed E-state index contributed by atoms with van der Waals surface area (Å²) in [6, 6.07) is 13.8. The topological polar surface area (TPSA) is 66.5 Å². The van der Waals surface area contributed by atoms with Gasteiger partial charge in [-0.2, -0.15) is 0 Å². The van der Waals surface area contributed by atoms with Gasteiger partial charge >= 0.3 is 0 Å². The Labute approximate surface area is 166 Å². The van der Waals surface area contributed by atoms with Gasteiger partial charge in [-0.25, -0.2) is 8.42 Å². The number of halogens is 1. The molecule has 0 bridgehead atoms. The van der Waals surface area contributed by atoms with E-state index < -0.39 is 16.1 Å². The second kappa shape index (κ2) is 9.24. The van der Waals surface area contributed by atoms with Crippen LogP contribution in [0.3, 0.4) is 0 Å².